The number of hydrogen-bond donors (Lipinski definition) is 1. The number of benzene rings is 1. The molecule has 0 amide bonds. The lowest BCUT2D eigenvalue weighted by atomic mass is 9.87. The number of nitrogens with two attached hydrogens (primary N) is 1. The van der Waals surface area contributed by atoms with E-state index in [2.05, 4.69) is 49.9 Å². The molecule has 1 fully saturated rings. The van der Waals surface area contributed by atoms with Crippen LogP contribution in [0.2, 0.25) is 0 Å². The van der Waals surface area contributed by atoms with Crippen LogP contribution in [0.3, 0.4) is 0 Å². The lowest BCUT2D eigenvalue weighted by Crippen LogP contribution is -2.47. The normalized spacial score (nSPS) is 26.3. The van der Waals surface area contributed by atoms with Gasteiger partial charge in [-0.2, -0.15) is 0 Å². The minimum absolute atomic E-state index is 0.479. The van der Waals surface area contributed by atoms with Crippen LogP contribution < -0.4 is 5.73 Å². The third-order valence-corrected chi connectivity index (χ3v) is 4.78. The van der Waals surface area contributed by atoms with Gasteiger partial charge in [0.1, 0.15) is 0 Å². The molecule has 0 bridgehead atoms. The van der Waals surface area contributed by atoms with Crippen molar-refractivity contribution in [2.24, 2.45) is 11.7 Å². The third-order valence-electron chi connectivity index (χ3n) is 4.78. The Morgan fingerprint density at radius 1 is 1.32 bits per heavy atom. The van der Waals surface area contributed by atoms with E-state index in [4.69, 9.17) is 5.73 Å². The molecule has 3 unspecified atom stereocenters. The van der Waals surface area contributed by atoms with Crippen molar-refractivity contribution < 1.29 is 0 Å². The van der Waals surface area contributed by atoms with Crippen molar-refractivity contribution in [2.75, 3.05) is 13.1 Å². The van der Waals surface area contributed by atoms with Gasteiger partial charge in [-0.25, -0.2) is 0 Å². The number of likely N-dealkylation sites (tertiary alicyclic amines) is 1. The predicted molar refractivity (Wildman–Crippen MR) is 82.2 cm³/mol. The zero-order valence-electron chi connectivity index (χ0n) is 12.6. The molecule has 2 rings (SSSR count). The van der Waals surface area contributed by atoms with Crippen molar-refractivity contribution in [3.8, 4) is 0 Å². The van der Waals surface area contributed by atoms with Crippen LogP contribution in [0.1, 0.15) is 50.3 Å². The van der Waals surface area contributed by atoms with Crippen LogP contribution in [0.4, 0.5) is 0 Å². The van der Waals surface area contributed by atoms with Gasteiger partial charge in [-0.3, -0.25) is 4.90 Å². The summed E-state index contributed by atoms with van der Waals surface area (Å²) in [5.74, 6) is 0.870. The topological polar surface area (TPSA) is 29.3 Å². The van der Waals surface area contributed by atoms with Gasteiger partial charge in [-0.05, 0) is 44.7 Å². The first-order chi connectivity index (χ1) is 9.15. The molecule has 1 saturated heterocycles. The van der Waals surface area contributed by atoms with Crippen LogP contribution in [-0.4, -0.2) is 24.0 Å². The average Bonchev–Trinajstić information content (AvgIpc) is 2.46. The van der Waals surface area contributed by atoms with Gasteiger partial charge in [0.05, 0.1) is 0 Å². The molecule has 1 aromatic carbocycles. The van der Waals surface area contributed by atoms with Gasteiger partial charge in [0.15, 0.2) is 0 Å². The van der Waals surface area contributed by atoms with Crippen LogP contribution in [0.5, 0.6) is 0 Å². The summed E-state index contributed by atoms with van der Waals surface area (Å²) in [7, 11) is 0. The molecule has 1 aliphatic heterocycles. The maximum Gasteiger partial charge on any atom is 0.0323 e. The molecule has 0 aliphatic carbocycles. The Morgan fingerprint density at radius 2 is 2.00 bits per heavy atom. The van der Waals surface area contributed by atoms with Gasteiger partial charge in [-0.1, -0.05) is 43.2 Å². The third kappa shape index (κ3) is 3.37. The van der Waals surface area contributed by atoms with Crippen molar-refractivity contribution in [3.63, 3.8) is 0 Å². The highest BCUT2D eigenvalue weighted by Gasteiger charge is 2.30. The van der Waals surface area contributed by atoms with Gasteiger partial charge in [-0.15, -0.1) is 0 Å². The number of rotatable bonds is 4. The monoisotopic (exact) mass is 260 g/mol. The van der Waals surface area contributed by atoms with Gasteiger partial charge in [0.2, 0.25) is 0 Å². The van der Waals surface area contributed by atoms with Gasteiger partial charge < -0.3 is 5.73 Å². The SMILES string of the molecule is CCC1CCN(C(C)c2ccc(C)cc2)C(CN)C1. The Labute approximate surface area is 118 Å². The lowest BCUT2D eigenvalue weighted by molar-refractivity contribution is 0.0773. The molecule has 1 aromatic rings. The van der Waals surface area contributed by atoms with E-state index in [0.717, 1.165) is 12.5 Å². The zero-order valence-corrected chi connectivity index (χ0v) is 12.6. The van der Waals surface area contributed by atoms with Crippen LogP contribution >= 0.6 is 0 Å². The standard InChI is InChI=1S/C17H28N2/c1-4-15-9-10-19(17(11-15)12-18)14(3)16-7-5-13(2)6-8-16/h5-8,14-15,17H,4,9-12,18H2,1-3H3. The number of aryl methyl sites for hydroxylation is 1. The van der Waals surface area contributed by atoms with E-state index in [9.17, 15) is 0 Å². The van der Waals surface area contributed by atoms with E-state index in [1.807, 2.05) is 0 Å². The Balaban J connectivity index is 2.09. The minimum atomic E-state index is 0.479. The fourth-order valence-corrected chi connectivity index (χ4v) is 3.30. The van der Waals surface area contributed by atoms with Gasteiger partial charge in [0.25, 0.3) is 0 Å². The second kappa shape index (κ2) is 6.53. The zero-order chi connectivity index (χ0) is 13.8. The van der Waals surface area contributed by atoms with Crippen LogP contribution in [0.25, 0.3) is 0 Å². The van der Waals surface area contributed by atoms with Crippen molar-refractivity contribution in [3.05, 3.63) is 35.4 Å². The summed E-state index contributed by atoms with van der Waals surface area (Å²) in [6.07, 6.45) is 3.88. The highest BCUT2D eigenvalue weighted by atomic mass is 15.2. The maximum absolute atomic E-state index is 6.01. The summed E-state index contributed by atoms with van der Waals surface area (Å²) in [6.45, 7) is 8.74. The summed E-state index contributed by atoms with van der Waals surface area (Å²) < 4.78 is 0. The molecular weight excluding hydrogens is 232 g/mol. The van der Waals surface area contributed by atoms with Gasteiger partial charge in [0, 0.05) is 18.6 Å². The van der Waals surface area contributed by atoms with E-state index in [1.54, 1.807) is 0 Å². The van der Waals surface area contributed by atoms with Crippen molar-refractivity contribution in [1.82, 2.24) is 4.90 Å². The van der Waals surface area contributed by atoms with Crippen LogP contribution in [-0.2, 0) is 0 Å². The number of hydrogen-bond acceptors (Lipinski definition) is 2. The van der Waals surface area contributed by atoms with Crippen LogP contribution in [0.15, 0.2) is 24.3 Å². The second-order valence-corrected chi connectivity index (χ2v) is 6.01. The first-order valence-corrected chi connectivity index (χ1v) is 7.68. The molecule has 106 valence electrons. The molecular formula is C17H28N2. The molecule has 0 spiro atoms. The maximum atomic E-state index is 6.01. The lowest BCUT2D eigenvalue weighted by Gasteiger charge is -2.42. The molecule has 3 atom stereocenters. The Morgan fingerprint density at radius 3 is 2.58 bits per heavy atom. The Kier molecular flexibility index (Phi) is 5.00. The Hall–Kier alpha value is -0.860. The first-order valence-electron chi connectivity index (χ1n) is 7.68. The van der Waals surface area contributed by atoms with E-state index in [1.165, 1.54) is 36.9 Å². The van der Waals surface area contributed by atoms with Crippen LogP contribution in [0, 0.1) is 12.8 Å². The highest BCUT2D eigenvalue weighted by Crippen LogP contribution is 2.31. The van der Waals surface area contributed by atoms with E-state index in [0.29, 0.717) is 12.1 Å². The highest BCUT2D eigenvalue weighted by molar-refractivity contribution is 5.24. The average molecular weight is 260 g/mol. The summed E-state index contributed by atoms with van der Waals surface area (Å²) >= 11 is 0. The van der Waals surface area contributed by atoms with E-state index in [-0.39, 0.29) is 0 Å². The minimum Gasteiger partial charge on any atom is -0.329 e. The van der Waals surface area contributed by atoms with Gasteiger partial charge >= 0.3 is 0 Å². The summed E-state index contributed by atoms with van der Waals surface area (Å²) in [5.41, 5.74) is 8.75. The van der Waals surface area contributed by atoms with Crippen molar-refractivity contribution >= 4 is 0 Å². The molecule has 2 heteroatoms. The quantitative estimate of drug-likeness (QED) is 0.897. The molecule has 19 heavy (non-hydrogen) atoms. The molecule has 0 radical (unpaired) electrons. The fourth-order valence-electron chi connectivity index (χ4n) is 3.30. The molecule has 2 nitrogen and oxygen atoms in total. The molecule has 2 N–H and O–H groups in total. The largest absolute Gasteiger partial charge is 0.329 e. The summed E-state index contributed by atoms with van der Waals surface area (Å²) in [5, 5.41) is 0. The smallest absolute Gasteiger partial charge is 0.0323 e. The molecule has 0 aromatic heterocycles. The predicted octanol–water partition coefficient (Wildman–Crippen LogP) is 3.51. The van der Waals surface area contributed by atoms with Crippen molar-refractivity contribution in [2.45, 2.75) is 52.1 Å². The molecule has 1 heterocycles. The molecule has 0 saturated carbocycles. The second-order valence-electron chi connectivity index (χ2n) is 6.01. The van der Waals surface area contributed by atoms with E-state index >= 15 is 0 Å². The fraction of sp³-hybridized carbons (Fsp3) is 0.647. The number of piperidine rings is 1. The van der Waals surface area contributed by atoms with Crippen molar-refractivity contribution in [1.29, 1.82) is 0 Å². The summed E-state index contributed by atoms with van der Waals surface area (Å²) in [6, 6.07) is 9.98. The number of nitrogens with zero attached hydrogens (tertiary/aromatic N) is 1. The Bertz CT molecular complexity index is 385. The molecule has 1 aliphatic rings. The summed E-state index contributed by atoms with van der Waals surface area (Å²) in [4.78, 5) is 2.61. The first kappa shape index (κ1) is 14.5. The van der Waals surface area contributed by atoms with E-state index < -0.39 is 0 Å².